The van der Waals surface area contributed by atoms with E-state index in [9.17, 15) is 8.78 Å². The van der Waals surface area contributed by atoms with Crippen LogP contribution in [0, 0.1) is 6.92 Å². The molecule has 1 aromatic rings. The summed E-state index contributed by atoms with van der Waals surface area (Å²) in [5.41, 5.74) is -0.0278. The minimum atomic E-state index is -2.57. The van der Waals surface area contributed by atoms with Crippen LogP contribution in [-0.4, -0.2) is 10.1 Å². The number of pyridine rings is 1. The van der Waals surface area contributed by atoms with Crippen LogP contribution in [0.5, 0.6) is 5.75 Å². The van der Waals surface area contributed by atoms with Crippen molar-refractivity contribution in [3.05, 3.63) is 23.5 Å². The highest BCUT2D eigenvalue weighted by Crippen LogP contribution is 2.26. The lowest BCUT2D eigenvalue weighted by Crippen LogP contribution is -1.90. The Morgan fingerprint density at radius 1 is 1.45 bits per heavy atom. The minimum absolute atomic E-state index is 0.190. The van der Waals surface area contributed by atoms with Crippen LogP contribution in [0.15, 0.2) is 12.4 Å². The number of alkyl halides is 2. The summed E-state index contributed by atoms with van der Waals surface area (Å²) in [5, 5.41) is 8.95. The summed E-state index contributed by atoms with van der Waals surface area (Å²) >= 11 is 0. The maximum absolute atomic E-state index is 12.1. The smallest absolute Gasteiger partial charge is 0.265 e. The van der Waals surface area contributed by atoms with E-state index >= 15 is 0 Å². The highest BCUT2D eigenvalue weighted by atomic mass is 19.3. The molecule has 2 nitrogen and oxygen atoms in total. The first-order valence-electron chi connectivity index (χ1n) is 3.04. The van der Waals surface area contributed by atoms with Gasteiger partial charge in [-0.25, -0.2) is 8.78 Å². The van der Waals surface area contributed by atoms with E-state index in [2.05, 4.69) is 4.98 Å². The lowest BCUT2D eigenvalue weighted by molar-refractivity contribution is 0.149. The number of aromatic hydroxyl groups is 1. The summed E-state index contributed by atoms with van der Waals surface area (Å²) in [4.78, 5) is 3.44. The molecule has 0 atom stereocenters. The van der Waals surface area contributed by atoms with Crippen LogP contribution in [0.1, 0.15) is 17.6 Å². The number of aromatic nitrogens is 1. The number of hydrogen-bond acceptors (Lipinski definition) is 2. The fourth-order valence-corrected chi connectivity index (χ4v) is 0.750. The highest BCUT2D eigenvalue weighted by molar-refractivity contribution is 5.34. The zero-order valence-corrected chi connectivity index (χ0v) is 5.88. The minimum Gasteiger partial charge on any atom is -0.506 e. The second kappa shape index (κ2) is 2.82. The van der Waals surface area contributed by atoms with Crippen molar-refractivity contribution in [1.29, 1.82) is 0 Å². The molecule has 1 aromatic heterocycles. The van der Waals surface area contributed by atoms with Crippen molar-refractivity contribution in [3.63, 3.8) is 0 Å². The fourth-order valence-electron chi connectivity index (χ4n) is 0.750. The van der Waals surface area contributed by atoms with Gasteiger partial charge < -0.3 is 5.11 Å². The molecule has 0 aliphatic rings. The van der Waals surface area contributed by atoms with Gasteiger partial charge in [-0.1, -0.05) is 0 Å². The summed E-state index contributed by atoms with van der Waals surface area (Å²) < 4.78 is 24.1. The van der Waals surface area contributed by atoms with Gasteiger partial charge in [0, 0.05) is 17.3 Å². The maximum atomic E-state index is 12.1. The first-order chi connectivity index (χ1) is 5.13. The summed E-state index contributed by atoms with van der Waals surface area (Å²) in [5.74, 6) is -0.192. The topological polar surface area (TPSA) is 33.1 Å². The van der Waals surface area contributed by atoms with Crippen molar-refractivity contribution in [1.82, 2.24) is 4.98 Å². The predicted molar refractivity (Wildman–Crippen MR) is 35.6 cm³/mol. The Bertz CT molecular complexity index is 263. The fraction of sp³-hybridized carbons (Fsp3) is 0.286. The molecule has 0 bridgehead atoms. The van der Waals surface area contributed by atoms with Crippen molar-refractivity contribution in [2.24, 2.45) is 0 Å². The van der Waals surface area contributed by atoms with E-state index in [-0.39, 0.29) is 16.9 Å². The van der Waals surface area contributed by atoms with Gasteiger partial charge in [-0.2, -0.15) is 0 Å². The normalized spacial score (nSPS) is 10.5. The third-order valence-electron chi connectivity index (χ3n) is 1.46. The van der Waals surface area contributed by atoms with Crippen molar-refractivity contribution >= 4 is 0 Å². The maximum Gasteiger partial charge on any atom is 0.265 e. The van der Waals surface area contributed by atoms with Crippen LogP contribution >= 0.6 is 0 Å². The summed E-state index contributed by atoms with van der Waals surface area (Å²) in [7, 11) is 0. The lowest BCUT2D eigenvalue weighted by atomic mass is 10.1. The van der Waals surface area contributed by atoms with Crippen LogP contribution in [0.2, 0.25) is 0 Å². The van der Waals surface area contributed by atoms with E-state index in [1.807, 2.05) is 0 Å². The number of rotatable bonds is 1. The molecule has 0 saturated heterocycles. The number of nitrogens with zero attached hydrogens (tertiary/aromatic N) is 1. The van der Waals surface area contributed by atoms with Crippen LogP contribution in [0.25, 0.3) is 0 Å². The van der Waals surface area contributed by atoms with Crippen LogP contribution < -0.4 is 0 Å². The van der Waals surface area contributed by atoms with E-state index in [1.54, 1.807) is 0 Å². The molecule has 0 unspecified atom stereocenters. The zero-order chi connectivity index (χ0) is 8.43. The van der Waals surface area contributed by atoms with Crippen molar-refractivity contribution in [3.8, 4) is 5.75 Å². The van der Waals surface area contributed by atoms with Crippen LogP contribution in [0.4, 0.5) is 8.78 Å². The molecule has 0 amide bonds. The Kier molecular flexibility index (Phi) is 2.03. The van der Waals surface area contributed by atoms with Crippen LogP contribution in [-0.2, 0) is 0 Å². The summed E-state index contributed by atoms with van der Waals surface area (Å²) in [6.07, 6.45) is -0.379. The monoisotopic (exact) mass is 159 g/mol. The average Bonchev–Trinajstić information content (AvgIpc) is 1.94. The van der Waals surface area contributed by atoms with Gasteiger partial charge >= 0.3 is 0 Å². The molecule has 11 heavy (non-hydrogen) atoms. The van der Waals surface area contributed by atoms with E-state index < -0.39 is 6.43 Å². The molecular weight excluding hydrogens is 152 g/mol. The Hall–Kier alpha value is -1.19. The largest absolute Gasteiger partial charge is 0.506 e. The van der Waals surface area contributed by atoms with E-state index in [0.29, 0.717) is 0 Å². The van der Waals surface area contributed by atoms with E-state index in [4.69, 9.17) is 5.11 Å². The molecule has 0 radical (unpaired) electrons. The first-order valence-corrected chi connectivity index (χ1v) is 3.04. The quantitative estimate of drug-likeness (QED) is 0.680. The Labute approximate surface area is 62.5 Å². The van der Waals surface area contributed by atoms with Crippen molar-refractivity contribution < 1.29 is 13.9 Å². The SMILES string of the molecule is Cc1c(O)cncc1C(F)F. The van der Waals surface area contributed by atoms with Gasteiger partial charge in [0.15, 0.2) is 0 Å². The molecule has 0 fully saturated rings. The van der Waals surface area contributed by atoms with Crippen molar-refractivity contribution in [2.45, 2.75) is 13.3 Å². The standard InChI is InChI=1S/C7H7F2NO/c1-4-5(7(8)9)2-10-3-6(4)11/h2-3,7,11H,1H3. The zero-order valence-electron chi connectivity index (χ0n) is 5.88. The molecule has 0 aliphatic heterocycles. The molecule has 0 aliphatic carbocycles. The van der Waals surface area contributed by atoms with Crippen LogP contribution in [0.3, 0.4) is 0 Å². The lowest BCUT2D eigenvalue weighted by Gasteiger charge is -2.03. The van der Waals surface area contributed by atoms with Gasteiger partial charge in [0.1, 0.15) is 5.75 Å². The molecule has 4 heteroatoms. The number of hydrogen-bond donors (Lipinski definition) is 1. The highest BCUT2D eigenvalue weighted by Gasteiger charge is 2.12. The van der Waals surface area contributed by atoms with Gasteiger partial charge in [0.2, 0.25) is 0 Å². The molecular formula is C7H7F2NO. The molecule has 60 valence electrons. The predicted octanol–water partition coefficient (Wildman–Crippen LogP) is 2.03. The van der Waals surface area contributed by atoms with Gasteiger partial charge in [-0.05, 0) is 6.92 Å². The molecule has 0 saturated carbocycles. The second-order valence-electron chi connectivity index (χ2n) is 2.17. The van der Waals surface area contributed by atoms with E-state index in [1.165, 1.54) is 6.92 Å². The molecule has 0 spiro atoms. The third kappa shape index (κ3) is 1.45. The first kappa shape index (κ1) is 7.91. The second-order valence-corrected chi connectivity index (χ2v) is 2.17. The summed E-state index contributed by atoms with van der Waals surface area (Å²) in [6.45, 7) is 1.43. The molecule has 0 aromatic carbocycles. The Balaban J connectivity index is 3.17. The number of halogens is 2. The summed E-state index contributed by atoms with van der Waals surface area (Å²) in [6, 6.07) is 0. The average molecular weight is 159 g/mol. The Morgan fingerprint density at radius 3 is 2.55 bits per heavy atom. The van der Waals surface area contributed by atoms with Crippen molar-refractivity contribution in [2.75, 3.05) is 0 Å². The van der Waals surface area contributed by atoms with E-state index in [0.717, 1.165) is 12.4 Å². The molecule has 1 rings (SSSR count). The Morgan fingerprint density at radius 2 is 2.09 bits per heavy atom. The van der Waals surface area contributed by atoms with Gasteiger partial charge in [0.25, 0.3) is 6.43 Å². The van der Waals surface area contributed by atoms with Gasteiger partial charge in [-0.3, -0.25) is 4.98 Å². The van der Waals surface area contributed by atoms with Gasteiger partial charge in [-0.15, -0.1) is 0 Å². The third-order valence-corrected chi connectivity index (χ3v) is 1.46. The molecule has 1 N–H and O–H groups in total. The van der Waals surface area contributed by atoms with Gasteiger partial charge in [0.05, 0.1) is 6.20 Å². The molecule has 1 heterocycles.